The Labute approximate surface area is 158 Å². The van der Waals surface area contributed by atoms with Gasteiger partial charge in [0, 0.05) is 19.2 Å². The third kappa shape index (κ3) is 4.06. The van der Waals surface area contributed by atoms with Crippen LogP contribution in [0, 0.1) is 5.82 Å². The molecule has 0 aromatic heterocycles. The smallest absolute Gasteiger partial charge is 0.325 e. The molecule has 3 rings (SSSR count). The number of aliphatic carboxylic acids is 1. The van der Waals surface area contributed by atoms with Crippen molar-refractivity contribution in [3.63, 3.8) is 0 Å². The maximum Gasteiger partial charge on any atom is 0.325 e. The number of hydrogen-bond acceptors (Lipinski definition) is 4. The molecule has 2 aromatic carbocycles. The molecule has 0 fully saturated rings. The zero-order valence-corrected chi connectivity index (χ0v) is 15.7. The summed E-state index contributed by atoms with van der Waals surface area (Å²) >= 11 is 0. The highest BCUT2D eigenvalue weighted by Gasteiger charge is 2.32. The molecule has 0 radical (unpaired) electrons. The molecule has 0 amide bonds. The summed E-state index contributed by atoms with van der Waals surface area (Å²) in [6, 6.07) is 9.15. The van der Waals surface area contributed by atoms with Gasteiger partial charge in [-0.15, -0.1) is 0 Å². The second kappa shape index (κ2) is 7.96. The molecule has 27 heavy (non-hydrogen) atoms. The number of ether oxygens (including phenoxy) is 2. The highest BCUT2D eigenvalue weighted by molar-refractivity contribution is 5.76. The molecule has 144 valence electrons. The largest absolute Gasteiger partial charge is 0.497 e. The van der Waals surface area contributed by atoms with Crippen LogP contribution in [0.15, 0.2) is 36.4 Å². The number of carboxylic acid groups (broad SMARTS) is 1. The van der Waals surface area contributed by atoms with Crippen molar-refractivity contribution in [3.8, 4) is 11.5 Å². The molecule has 5 nitrogen and oxygen atoms in total. The molecule has 0 saturated heterocycles. The Morgan fingerprint density at radius 3 is 2.44 bits per heavy atom. The fourth-order valence-corrected chi connectivity index (χ4v) is 3.79. The van der Waals surface area contributed by atoms with Crippen LogP contribution < -0.4 is 9.47 Å². The molecule has 2 atom stereocenters. The first kappa shape index (κ1) is 19.2. The van der Waals surface area contributed by atoms with Gasteiger partial charge in [-0.25, -0.2) is 4.39 Å². The topological polar surface area (TPSA) is 59.0 Å². The van der Waals surface area contributed by atoms with Crippen LogP contribution in [-0.2, 0) is 11.2 Å². The van der Waals surface area contributed by atoms with E-state index in [0.29, 0.717) is 36.6 Å². The quantitative estimate of drug-likeness (QED) is 0.867. The Morgan fingerprint density at radius 1 is 1.19 bits per heavy atom. The van der Waals surface area contributed by atoms with Gasteiger partial charge in [0.25, 0.3) is 0 Å². The first-order chi connectivity index (χ1) is 12.9. The maximum absolute atomic E-state index is 13.7. The third-order valence-corrected chi connectivity index (χ3v) is 5.10. The van der Waals surface area contributed by atoms with Gasteiger partial charge in [-0.1, -0.05) is 13.0 Å². The molecule has 1 N–H and O–H groups in total. The second-order valence-corrected chi connectivity index (χ2v) is 6.88. The molecule has 0 saturated carbocycles. The average Bonchev–Trinajstić information content (AvgIpc) is 2.80. The van der Waals surface area contributed by atoms with Gasteiger partial charge < -0.3 is 14.6 Å². The summed E-state index contributed by atoms with van der Waals surface area (Å²) in [6.45, 7) is 3.09. The fraction of sp³-hybridized carbons (Fsp3) is 0.381. The van der Waals surface area contributed by atoms with E-state index in [2.05, 4.69) is 0 Å². The van der Waals surface area contributed by atoms with Gasteiger partial charge in [-0.3, -0.25) is 9.69 Å². The van der Waals surface area contributed by atoms with Crippen molar-refractivity contribution in [2.45, 2.75) is 25.3 Å². The van der Waals surface area contributed by atoms with Crippen LogP contribution in [-0.4, -0.2) is 43.3 Å². The van der Waals surface area contributed by atoms with E-state index < -0.39 is 12.0 Å². The second-order valence-electron chi connectivity index (χ2n) is 6.88. The van der Waals surface area contributed by atoms with Gasteiger partial charge in [0.05, 0.1) is 14.2 Å². The minimum atomic E-state index is -0.936. The van der Waals surface area contributed by atoms with E-state index in [0.717, 1.165) is 11.1 Å². The van der Waals surface area contributed by atoms with Crippen molar-refractivity contribution in [1.82, 2.24) is 4.90 Å². The number of hydrogen-bond donors (Lipinski definition) is 1. The number of carboxylic acids is 1. The van der Waals surface area contributed by atoms with Crippen LogP contribution in [0.2, 0.25) is 0 Å². The molecule has 2 unspecified atom stereocenters. The van der Waals surface area contributed by atoms with Crippen LogP contribution in [0.5, 0.6) is 11.5 Å². The average molecular weight is 373 g/mol. The Morgan fingerprint density at radius 2 is 1.85 bits per heavy atom. The van der Waals surface area contributed by atoms with E-state index in [4.69, 9.17) is 9.47 Å². The molecule has 2 aromatic rings. The molecule has 0 aliphatic carbocycles. The summed E-state index contributed by atoms with van der Waals surface area (Å²) in [5.74, 6) is -0.0868. The van der Waals surface area contributed by atoms with E-state index in [1.807, 2.05) is 11.8 Å². The fourth-order valence-electron chi connectivity index (χ4n) is 3.79. The molecular weight excluding hydrogens is 349 g/mol. The SMILES string of the molecule is COc1cc(OC)cc(C(C(=O)O)N2CCc3ccc(F)cc3C(C)C2)c1. The minimum absolute atomic E-state index is 0.0209. The Balaban J connectivity index is 1.96. The van der Waals surface area contributed by atoms with Crippen LogP contribution >= 0.6 is 0 Å². The molecule has 6 heteroatoms. The summed E-state index contributed by atoms with van der Waals surface area (Å²) in [7, 11) is 3.07. The number of carbonyl (C=O) groups is 1. The maximum atomic E-state index is 13.7. The van der Waals surface area contributed by atoms with Gasteiger partial charge in [-0.05, 0) is 53.3 Å². The van der Waals surface area contributed by atoms with E-state index in [-0.39, 0.29) is 11.7 Å². The Hall–Kier alpha value is -2.60. The number of fused-ring (bicyclic) bond motifs is 1. The van der Waals surface area contributed by atoms with Crippen molar-refractivity contribution in [1.29, 1.82) is 0 Å². The lowest BCUT2D eigenvalue weighted by Crippen LogP contribution is -2.36. The zero-order chi connectivity index (χ0) is 19.6. The highest BCUT2D eigenvalue weighted by Crippen LogP contribution is 2.34. The molecule has 1 aliphatic heterocycles. The van der Waals surface area contributed by atoms with Crippen molar-refractivity contribution in [3.05, 3.63) is 58.9 Å². The van der Waals surface area contributed by atoms with Crippen LogP contribution in [0.25, 0.3) is 0 Å². The predicted molar refractivity (Wildman–Crippen MR) is 100 cm³/mol. The predicted octanol–water partition coefficient (Wildman–Crippen LogP) is 3.63. The summed E-state index contributed by atoms with van der Waals surface area (Å²) < 4.78 is 24.3. The molecule has 0 bridgehead atoms. The number of benzene rings is 2. The summed E-state index contributed by atoms with van der Waals surface area (Å²) in [5.41, 5.74) is 2.62. The molecule has 1 heterocycles. The van der Waals surface area contributed by atoms with Gasteiger partial charge in [0.2, 0.25) is 0 Å². The van der Waals surface area contributed by atoms with E-state index in [1.165, 1.54) is 20.3 Å². The molecule has 1 aliphatic rings. The van der Waals surface area contributed by atoms with Crippen LogP contribution in [0.4, 0.5) is 4.39 Å². The highest BCUT2D eigenvalue weighted by atomic mass is 19.1. The number of halogens is 1. The lowest BCUT2D eigenvalue weighted by molar-refractivity contribution is -0.143. The van der Waals surface area contributed by atoms with Crippen molar-refractivity contribution >= 4 is 5.97 Å². The summed E-state index contributed by atoms with van der Waals surface area (Å²) in [4.78, 5) is 14.1. The zero-order valence-electron chi connectivity index (χ0n) is 15.7. The monoisotopic (exact) mass is 373 g/mol. The van der Waals surface area contributed by atoms with E-state index >= 15 is 0 Å². The normalized spacial score (nSPS) is 18.3. The first-order valence-electron chi connectivity index (χ1n) is 8.91. The van der Waals surface area contributed by atoms with E-state index in [9.17, 15) is 14.3 Å². The van der Waals surface area contributed by atoms with Gasteiger partial charge in [0.15, 0.2) is 0 Å². The lowest BCUT2D eigenvalue weighted by atomic mass is 9.95. The number of rotatable bonds is 5. The van der Waals surface area contributed by atoms with Gasteiger partial charge in [0.1, 0.15) is 23.4 Å². The Bertz CT molecular complexity index is 817. The van der Waals surface area contributed by atoms with Gasteiger partial charge in [-0.2, -0.15) is 0 Å². The lowest BCUT2D eigenvalue weighted by Gasteiger charge is -2.29. The molecular formula is C21H24FNO4. The van der Waals surface area contributed by atoms with Gasteiger partial charge >= 0.3 is 5.97 Å². The van der Waals surface area contributed by atoms with Crippen LogP contribution in [0.1, 0.15) is 35.6 Å². The summed E-state index contributed by atoms with van der Waals surface area (Å²) in [6.07, 6.45) is 0.671. The molecule has 0 spiro atoms. The standard InChI is InChI=1S/C21H24FNO4/c1-13-12-23(7-6-14-4-5-16(22)10-19(13)14)20(21(24)25)15-8-17(26-2)11-18(9-15)27-3/h4-5,8-11,13,20H,6-7,12H2,1-3H3,(H,24,25). The van der Waals surface area contributed by atoms with Crippen molar-refractivity contribution in [2.75, 3.05) is 27.3 Å². The van der Waals surface area contributed by atoms with Crippen molar-refractivity contribution < 1.29 is 23.8 Å². The Kier molecular flexibility index (Phi) is 5.65. The first-order valence-corrected chi connectivity index (χ1v) is 8.91. The third-order valence-electron chi connectivity index (χ3n) is 5.10. The van der Waals surface area contributed by atoms with Crippen LogP contribution in [0.3, 0.4) is 0 Å². The number of methoxy groups -OCH3 is 2. The van der Waals surface area contributed by atoms with E-state index in [1.54, 1.807) is 30.3 Å². The van der Waals surface area contributed by atoms with Crippen molar-refractivity contribution in [2.24, 2.45) is 0 Å². The number of nitrogens with zero attached hydrogens (tertiary/aromatic N) is 1. The minimum Gasteiger partial charge on any atom is -0.497 e. The summed E-state index contributed by atoms with van der Waals surface area (Å²) in [5, 5.41) is 9.96.